The maximum atomic E-state index is 11.8. The Labute approximate surface area is 90.4 Å². The third-order valence-electron chi connectivity index (χ3n) is 2.61. The van der Waals surface area contributed by atoms with Crippen molar-refractivity contribution < 1.29 is 9.59 Å². The van der Waals surface area contributed by atoms with Crippen molar-refractivity contribution in [2.75, 3.05) is 34.2 Å². The predicted octanol–water partition coefficient (Wildman–Crippen LogP) is -0.715. The molecule has 0 aromatic heterocycles. The normalized spacial score (nSPS) is 20.1. The van der Waals surface area contributed by atoms with Crippen LogP contribution in [0.3, 0.4) is 0 Å². The van der Waals surface area contributed by atoms with Crippen molar-refractivity contribution >= 4 is 11.8 Å². The van der Waals surface area contributed by atoms with Crippen LogP contribution in [0.25, 0.3) is 0 Å². The van der Waals surface area contributed by atoms with Crippen molar-refractivity contribution in [3.63, 3.8) is 0 Å². The summed E-state index contributed by atoms with van der Waals surface area (Å²) >= 11 is 0. The minimum Gasteiger partial charge on any atom is -0.347 e. The number of likely N-dealkylation sites (N-methyl/N-ethyl adjacent to an activating group) is 2. The number of rotatable bonds is 3. The lowest BCUT2D eigenvalue weighted by Crippen LogP contribution is -2.45. The standard InChI is InChI=1S/C10H19N3O2/c1-12(2)9(14)7-13(3)10(15)8-5-4-6-11-8/h8,11H,4-7H2,1-3H3/t8-/m0/s1. The summed E-state index contributed by atoms with van der Waals surface area (Å²) in [4.78, 5) is 26.2. The van der Waals surface area contributed by atoms with Gasteiger partial charge >= 0.3 is 0 Å². The zero-order valence-electron chi connectivity index (χ0n) is 9.62. The quantitative estimate of drug-likeness (QED) is 0.673. The molecular formula is C10H19N3O2. The molecule has 1 atom stereocenters. The fourth-order valence-electron chi connectivity index (χ4n) is 1.58. The van der Waals surface area contributed by atoms with Gasteiger partial charge in [0.15, 0.2) is 0 Å². The molecule has 0 unspecified atom stereocenters. The molecule has 1 aliphatic rings. The fourth-order valence-corrected chi connectivity index (χ4v) is 1.58. The van der Waals surface area contributed by atoms with Crippen LogP contribution in [0.1, 0.15) is 12.8 Å². The Bertz CT molecular complexity index is 247. The molecule has 1 saturated heterocycles. The Morgan fingerprint density at radius 1 is 1.33 bits per heavy atom. The maximum absolute atomic E-state index is 11.8. The minimum absolute atomic E-state index is 0.0164. The van der Waals surface area contributed by atoms with E-state index in [4.69, 9.17) is 0 Å². The van der Waals surface area contributed by atoms with E-state index in [0.29, 0.717) is 0 Å². The van der Waals surface area contributed by atoms with Crippen LogP contribution < -0.4 is 5.32 Å². The van der Waals surface area contributed by atoms with Crippen LogP contribution in [-0.2, 0) is 9.59 Å². The van der Waals surface area contributed by atoms with Crippen molar-refractivity contribution in [3.8, 4) is 0 Å². The largest absolute Gasteiger partial charge is 0.347 e. The van der Waals surface area contributed by atoms with Gasteiger partial charge in [-0.2, -0.15) is 0 Å². The molecule has 0 bridgehead atoms. The number of carbonyl (C=O) groups is 2. The summed E-state index contributed by atoms with van der Waals surface area (Å²) in [6.07, 6.45) is 1.91. The summed E-state index contributed by atoms with van der Waals surface area (Å²) in [5, 5.41) is 3.12. The summed E-state index contributed by atoms with van der Waals surface area (Å²) in [7, 11) is 5.05. The number of carbonyl (C=O) groups excluding carboxylic acids is 2. The Balaban J connectivity index is 2.42. The summed E-state index contributed by atoms with van der Waals surface area (Å²) in [5.41, 5.74) is 0. The molecule has 0 spiro atoms. The van der Waals surface area contributed by atoms with Crippen LogP contribution in [0, 0.1) is 0 Å². The van der Waals surface area contributed by atoms with Gasteiger partial charge in [-0.1, -0.05) is 0 Å². The average Bonchev–Trinajstić information content (AvgIpc) is 2.68. The van der Waals surface area contributed by atoms with Gasteiger partial charge in [-0.15, -0.1) is 0 Å². The molecule has 0 saturated carbocycles. The van der Waals surface area contributed by atoms with Gasteiger partial charge in [-0.05, 0) is 19.4 Å². The zero-order valence-corrected chi connectivity index (χ0v) is 9.62. The highest BCUT2D eigenvalue weighted by atomic mass is 16.2. The van der Waals surface area contributed by atoms with Crippen LogP contribution in [0.4, 0.5) is 0 Å². The van der Waals surface area contributed by atoms with Gasteiger partial charge < -0.3 is 15.1 Å². The first-order valence-corrected chi connectivity index (χ1v) is 5.21. The first-order valence-electron chi connectivity index (χ1n) is 5.21. The highest BCUT2D eigenvalue weighted by Gasteiger charge is 2.25. The molecule has 2 amide bonds. The van der Waals surface area contributed by atoms with E-state index in [2.05, 4.69) is 5.32 Å². The molecule has 15 heavy (non-hydrogen) atoms. The van der Waals surface area contributed by atoms with E-state index in [9.17, 15) is 9.59 Å². The molecule has 1 heterocycles. The molecule has 0 aliphatic carbocycles. The highest BCUT2D eigenvalue weighted by molar-refractivity contribution is 5.87. The monoisotopic (exact) mass is 213 g/mol. The van der Waals surface area contributed by atoms with E-state index in [1.54, 1.807) is 21.1 Å². The van der Waals surface area contributed by atoms with E-state index in [-0.39, 0.29) is 24.4 Å². The molecule has 0 radical (unpaired) electrons. The third-order valence-corrected chi connectivity index (χ3v) is 2.61. The number of hydrogen-bond donors (Lipinski definition) is 1. The first kappa shape index (κ1) is 12.0. The molecule has 86 valence electrons. The fraction of sp³-hybridized carbons (Fsp3) is 0.800. The first-order chi connectivity index (χ1) is 7.02. The highest BCUT2D eigenvalue weighted by Crippen LogP contribution is 2.07. The van der Waals surface area contributed by atoms with Gasteiger partial charge in [-0.3, -0.25) is 9.59 Å². The Morgan fingerprint density at radius 2 is 2.00 bits per heavy atom. The summed E-state index contributed by atoms with van der Waals surface area (Å²) < 4.78 is 0. The molecule has 5 nitrogen and oxygen atoms in total. The molecule has 1 fully saturated rings. The van der Waals surface area contributed by atoms with E-state index < -0.39 is 0 Å². The SMILES string of the molecule is CN(C)C(=O)CN(C)C(=O)[C@@H]1CCCN1. The van der Waals surface area contributed by atoms with E-state index in [1.807, 2.05) is 0 Å². The molecular weight excluding hydrogens is 194 g/mol. The predicted molar refractivity (Wildman–Crippen MR) is 57.4 cm³/mol. The Hall–Kier alpha value is -1.10. The molecule has 5 heteroatoms. The topological polar surface area (TPSA) is 52.7 Å². The lowest BCUT2D eigenvalue weighted by Gasteiger charge is -2.22. The van der Waals surface area contributed by atoms with Gasteiger partial charge in [0, 0.05) is 21.1 Å². The molecule has 1 N–H and O–H groups in total. The molecule has 1 rings (SSSR count). The van der Waals surface area contributed by atoms with Gasteiger partial charge in [-0.25, -0.2) is 0 Å². The zero-order chi connectivity index (χ0) is 11.4. The second kappa shape index (κ2) is 5.11. The number of hydrogen-bond acceptors (Lipinski definition) is 3. The van der Waals surface area contributed by atoms with E-state index in [1.165, 1.54) is 9.80 Å². The van der Waals surface area contributed by atoms with Crippen molar-refractivity contribution in [2.45, 2.75) is 18.9 Å². The maximum Gasteiger partial charge on any atom is 0.241 e. The molecule has 1 aliphatic heterocycles. The number of nitrogens with zero attached hydrogens (tertiary/aromatic N) is 2. The second-order valence-corrected chi connectivity index (χ2v) is 4.13. The summed E-state index contributed by atoms with van der Waals surface area (Å²) in [6, 6.07) is -0.0926. The van der Waals surface area contributed by atoms with E-state index >= 15 is 0 Å². The van der Waals surface area contributed by atoms with Crippen molar-refractivity contribution in [3.05, 3.63) is 0 Å². The van der Waals surface area contributed by atoms with Crippen molar-refractivity contribution in [1.82, 2.24) is 15.1 Å². The number of amides is 2. The van der Waals surface area contributed by atoms with Gasteiger partial charge in [0.25, 0.3) is 0 Å². The van der Waals surface area contributed by atoms with Crippen LogP contribution in [-0.4, -0.2) is 61.9 Å². The second-order valence-electron chi connectivity index (χ2n) is 4.13. The van der Waals surface area contributed by atoms with Gasteiger partial charge in [0.05, 0.1) is 12.6 Å². The van der Waals surface area contributed by atoms with E-state index in [0.717, 1.165) is 19.4 Å². The smallest absolute Gasteiger partial charge is 0.241 e. The average molecular weight is 213 g/mol. The summed E-state index contributed by atoms with van der Waals surface area (Å²) in [5.74, 6) is -0.0356. The van der Waals surface area contributed by atoms with Crippen LogP contribution in [0.2, 0.25) is 0 Å². The van der Waals surface area contributed by atoms with Gasteiger partial charge in [0.2, 0.25) is 11.8 Å². The van der Waals surface area contributed by atoms with Crippen LogP contribution >= 0.6 is 0 Å². The van der Waals surface area contributed by atoms with Crippen molar-refractivity contribution in [2.24, 2.45) is 0 Å². The van der Waals surface area contributed by atoms with Gasteiger partial charge in [0.1, 0.15) is 0 Å². The third kappa shape index (κ3) is 3.20. The van der Waals surface area contributed by atoms with Crippen molar-refractivity contribution in [1.29, 1.82) is 0 Å². The lowest BCUT2D eigenvalue weighted by atomic mass is 10.2. The lowest BCUT2D eigenvalue weighted by molar-refractivity contribution is -0.139. The minimum atomic E-state index is -0.0926. The molecule has 0 aromatic rings. The Kier molecular flexibility index (Phi) is 4.08. The van der Waals surface area contributed by atoms with Crippen LogP contribution in [0.5, 0.6) is 0 Å². The summed E-state index contributed by atoms with van der Waals surface area (Å²) in [6.45, 7) is 1.05. The number of nitrogens with one attached hydrogen (secondary N) is 1. The van der Waals surface area contributed by atoms with Crippen LogP contribution in [0.15, 0.2) is 0 Å². The Morgan fingerprint density at radius 3 is 2.47 bits per heavy atom. The molecule has 0 aromatic carbocycles.